The third-order valence-electron chi connectivity index (χ3n) is 6.83. The summed E-state index contributed by atoms with van der Waals surface area (Å²) < 4.78 is 81.6. The van der Waals surface area contributed by atoms with Crippen molar-refractivity contribution in [1.29, 1.82) is 0 Å². The van der Waals surface area contributed by atoms with E-state index in [0.717, 1.165) is 17.4 Å². The number of carboxylic acids is 1. The highest BCUT2D eigenvalue weighted by molar-refractivity contribution is 7.17. The molecule has 2 N–H and O–H groups in total. The molecule has 2 aromatic carbocycles. The molecule has 3 heterocycles. The summed E-state index contributed by atoms with van der Waals surface area (Å²) in [7, 11) is 0. The lowest BCUT2D eigenvalue weighted by molar-refractivity contribution is -0.144. The number of aromatic nitrogens is 1. The smallest absolute Gasteiger partial charge is 0.416 e. The van der Waals surface area contributed by atoms with Gasteiger partial charge in [0.15, 0.2) is 5.13 Å². The maximum atomic E-state index is 14.0. The van der Waals surface area contributed by atoms with Gasteiger partial charge in [0.05, 0.1) is 33.5 Å². The first-order valence-corrected chi connectivity index (χ1v) is 12.8. The van der Waals surface area contributed by atoms with Gasteiger partial charge in [0.1, 0.15) is 0 Å². The Balaban J connectivity index is 1.62. The number of hydrogen-bond donors (Lipinski definition) is 2. The van der Waals surface area contributed by atoms with E-state index in [1.165, 1.54) is 6.21 Å². The van der Waals surface area contributed by atoms with Crippen LogP contribution >= 0.6 is 11.3 Å². The molecular formula is C26H20F6N4O3S. The van der Waals surface area contributed by atoms with Crippen molar-refractivity contribution in [1.82, 2.24) is 4.98 Å². The lowest BCUT2D eigenvalue weighted by Gasteiger charge is -2.29. The van der Waals surface area contributed by atoms with Gasteiger partial charge in [-0.1, -0.05) is 23.5 Å². The molecule has 0 amide bonds. The molecule has 0 radical (unpaired) electrons. The van der Waals surface area contributed by atoms with Crippen LogP contribution in [0.25, 0.3) is 5.57 Å². The summed E-state index contributed by atoms with van der Waals surface area (Å²) in [4.78, 5) is 17.4. The van der Waals surface area contributed by atoms with Crippen LogP contribution in [0.15, 0.2) is 46.6 Å². The van der Waals surface area contributed by atoms with Gasteiger partial charge in [-0.2, -0.15) is 41.5 Å². The van der Waals surface area contributed by atoms with E-state index in [0.29, 0.717) is 53.3 Å². The summed E-state index contributed by atoms with van der Waals surface area (Å²) in [5, 5.41) is 29.1. The number of anilines is 1. The Bertz CT molecular complexity index is 1620. The molecular weight excluding hydrogens is 562 g/mol. The lowest BCUT2D eigenvalue weighted by atomic mass is 9.94. The molecule has 7 nitrogen and oxygen atoms in total. The number of alkyl halides is 6. The predicted octanol–water partition coefficient (Wildman–Crippen LogP) is 4.60. The number of hydrogen-bond acceptors (Lipinski definition) is 7. The van der Waals surface area contributed by atoms with Crippen LogP contribution in [0.2, 0.25) is 0 Å². The van der Waals surface area contributed by atoms with Crippen LogP contribution in [-0.2, 0) is 23.6 Å². The van der Waals surface area contributed by atoms with Crippen molar-refractivity contribution in [3.8, 4) is 5.88 Å². The molecule has 5 rings (SSSR count). The largest absolute Gasteiger partial charge is 0.492 e. The molecule has 0 saturated carbocycles. The molecule has 1 aromatic heterocycles. The number of aromatic hydroxyl groups is 1. The Labute approximate surface area is 226 Å². The van der Waals surface area contributed by atoms with E-state index in [4.69, 9.17) is 0 Å². The average molecular weight is 583 g/mol. The van der Waals surface area contributed by atoms with Gasteiger partial charge in [-0.3, -0.25) is 4.79 Å². The minimum absolute atomic E-state index is 0.0890. The molecule has 0 spiro atoms. The fraction of sp³-hybridized carbons (Fsp3) is 0.308. The molecule has 0 bridgehead atoms. The van der Waals surface area contributed by atoms with E-state index in [9.17, 15) is 41.4 Å². The fourth-order valence-electron chi connectivity index (χ4n) is 4.72. The number of aliphatic carboxylic acids is 1. The minimum Gasteiger partial charge on any atom is -0.492 e. The number of benzene rings is 2. The maximum absolute atomic E-state index is 14.0. The van der Waals surface area contributed by atoms with Gasteiger partial charge in [0.25, 0.3) is 0 Å². The van der Waals surface area contributed by atoms with Crippen molar-refractivity contribution < 1.29 is 41.4 Å². The molecule has 1 fully saturated rings. The molecule has 14 heteroatoms. The zero-order valence-electron chi connectivity index (χ0n) is 20.4. The lowest BCUT2D eigenvalue weighted by Crippen LogP contribution is -2.36. The molecule has 0 atom stereocenters. The number of rotatable bonds is 5. The van der Waals surface area contributed by atoms with Crippen molar-refractivity contribution in [2.45, 2.75) is 31.6 Å². The molecule has 2 aliphatic rings. The normalized spacial score (nSPS) is 16.6. The van der Waals surface area contributed by atoms with Crippen LogP contribution in [0.1, 0.15) is 40.0 Å². The molecule has 1 saturated heterocycles. The summed E-state index contributed by atoms with van der Waals surface area (Å²) in [6.45, 7) is 0.708. The fourth-order valence-corrected chi connectivity index (χ4v) is 5.79. The second-order valence-electron chi connectivity index (χ2n) is 9.39. The van der Waals surface area contributed by atoms with Crippen LogP contribution in [0, 0.1) is 5.92 Å². The van der Waals surface area contributed by atoms with Crippen LogP contribution < -0.4 is 15.5 Å². The Morgan fingerprint density at radius 2 is 1.75 bits per heavy atom. The van der Waals surface area contributed by atoms with Crippen molar-refractivity contribution in [2.24, 2.45) is 16.1 Å². The highest BCUT2D eigenvalue weighted by atomic mass is 32.1. The highest BCUT2D eigenvalue weighted by Gasteiger charge is 2.38. The number of carbonyl (C=O) groups is 1. The first-order valence-electron chi connectivity index (χ1n) is 12.0. The van der Waals surface area contributed by atoms with Crippen LogP contribution in [-0.4, -0.2) is 40.5 Å². The van der Waals surface area contributed by atoms with E-state index < -0.39 is 53.2 Å². The van der Waals surface area contributed by atoms with Gasteiger partial charge in [-0.15, -0.1) is 0 Å². The SMILES string of the molecule is O=C(O)C1CCN(c2nc(O)c(/C(Cc3ccc(C(F)(F)F)cc3C(F)(F)F)=c3\ccc4c(c3)C=NN=4)s2)CC1. The highest BCUT2D eigenvalue weighted by Crippen LogP contribution is 2.41. The number of fused-ring (bicyclic) bond motifs is 1. The number of halogens is 6. The quantitative estimate of drug-likeness (QED) is 0.429. The number of nitrogens with zero attached hydrogens (tertiary/aromatic N) is 4. The van der Waals surface area contributed by atoms with Gasteiger partial charge in [-0.05, 0) is 53.5 Å². The van der Waals surface area contributed by atoms with Crippen LogP contribution in [0.3, 0.4) is 0 Å². The predicted molar refractivity (Wildman–Crippen MR) is 134 cm³/mol. The van der Waals surface area contributed by atoms with Gasteiger partial charge in [0, 0.05) is 25.1 Å². The van der Waals surface area contributed by atoms with Gasteiger partial charge in [0.2, 0.25) is 5.88 Å². The molecule has 40 heavy (non-hydrogen) atoms. The van der Waals surface area contributed by atoms with E-state index in [-0.39, 0.29) is 16.5 Å². The van der Waals surface area contributed by atoms with E-state index in [1.807, 2.05) is 0 Å². The summed E-state index contributed by atoms with van der Waals surface area (Å²) in [5.41, 5.74) is -2.47. The number of thiazole rings is 1. The Morgan fingerprint density at radius 1 is 1.02 bits per heavy atom. The van der Waals surface area contributed by atoms with E-state index >= 15 is 0 Å². The Hall–Kier alpha value is -3.94. The molecule has 3 aromatic rings. The summed E-state index contributed by atoms with van der Waals surface area (Å²) in [6, 6.07) is 6.29. The summed E-state index contributed by atoms with van der Waals surface area (Å²) in [5.74, 6) is -1.86. The van der Waals surface area contributed by atoms with E-state index in [2.05, 4.69) is 15.2 Å². The monoisotopic (exact) mass is 582 g/mol. The van der Waals surface area contributed by atoms with Crippen molar-refractivity contribution in [3.05, 3.63) is 74.1 Å². The summed E-state index contributed by atoms with van der Waals surface area (Å²) >= 11 is 1.01. The number of carboxylic acid groups (broad SMARTS) is 1. The standard InChI is InChI=1S/C26H20F6N4O3S/c27-25(28,29)17-3-1-15(19(11-17)26(30,31)32)10-18(14-2-4-20-16(9-14)12-33-35-20)21-22(37)34-24(40-21)36-7-5-13(6-8-36)23(38)39/h1-4,9,11-13,37H,5-8,10H2,(H,38,39)/b18-14+. The molecule has 0 unspecified atom stereocenters. The van der Waals surface area contributed by atoms with E-state index in [1.54, 1.807) is 23.1 Å². The van der Waals surface area contributed by atoms with Crippen molar-refractivity contribution in [2.75, 3.05) is 18.0 Å². The average Bonchev–Trinajstić information content (AvgIpc) is 3.52. The van der Waals surface area contributed by atoms with Crippen molar-refractivity contribution in [3.63, 3.8) is 0 Å². The van der Waals surface area contributed by atoms with Crippen LogP contribution in [0.4, 0.5) is 31.5 Å². The van der Waals surface area contributed by atoms with Crippen LogP contribution in [0.5, 0.6) is 5.88 Å². The number of piperidine rings is 1. The topological polar surface area (TPSA) is 98.4 Å². The van der Waals surface area contributed by atoms with Crippen molar-refractivity contribution >= 4 is 34.2 Å². The Kier molecular flexibility index (Phi) is 7.06. The van der Waals surface area contributed by atoms with Gasteiger partial charge >= 0.3 is 18.3 Å². The zero-order valence-corrected chi connectivity index (χ0v) is 21.2. The molecule has 0 aliphatic carbocycles. The van der Waals surface area contributed by atoms with Gasteiger partial charge < -0.3 is 15.1 Å². The minimum atomic E-state index is -5.07. The maximum Gasteiger partial charge on any atom is 0.416 e. The molecule has 2 aliphatic heterocycles. The Morgan fingerprint density at radius 3 is 2.40 bits per heavy atom. The molecule has 210 valence electrons. The second kappa shape index (κ2) is 10.2. The second-order valence-corrected chi connectivity index (χ2v) is 10.4. The first kappa shape index (κ1) is 27.6. The first-order chi connectivity index (χ1) is 18.8. The third-order valence-corrected chi connectivity index (χ3v) is 8.00. The van der Waals surface area contributed by atoms with Gasteiger partial charge in [-0.25, -0.2) is 0 Å². The zero-order chi connectivity index (χ0) is 28.8. The third kappa shape index (κ3) is 5.53. The summed E-state index contributed by atoms with van der Waals surface area (Å²) in [6.07, 6.45) is -8.32.